The van der Waals surface area contributed by atoms with E-state index in [4.69, 9.17) is 4.74 Å². The Morgan fingerprint density at radius 2 is 2.04 bits per heavy atom. The van der Waals surface area contributed by atoms with Crippen molar-refractivity contribution in [1.29, 1.82) is 0 Å². The zero-order valence-corrected chi connectivity index (χ0v) is 14.4. The van der Waals surface area contributed by atoms with Crippen molar-refractivity contribution < 1.29 is 14.6 Å². The lowest BCUT2D eigenvalue weighted by Gasteiger charge is -2.25. The number of nitrogens with one attached hydrogen (secondary N) is 1. The van der Waals surface area contributed by atoms with Crippen molar-refractivity contribution in [3.63, 3.8) is 0 Å². The monoisotopic (exact) mass is 340 g/mol. The predicted octanol–water partition coefficient (Wildman–Crippen LogP) is 3.17. The highest BCUT2D eigenvalue weighted by molar-refractivity contribution is 5.82. The van der Waals surface area contributed by atoms with Crippen LogP contribution in [-0.4, -0.2) is 23.1 Å². The van der Waals surface area contributed by atoms with Crippen molar-refractivity contribution >= 4 is 5.91 Å². The van der Waals surface area contributed by atoms with Gasteiger partial charge in [0.15, 0.2) is 6.10 Å². The molecule has 0 bridgehead atoms. The Hall–Kier alpha value is -2.40. The minimum atomic E-state index is -1.23. The van der Waals surface area contributed by atoms with Gasteiger partial charge < -0.3 is 15.2 Å². The van der Waals surface area contributed by atoms with Crippen LogP contribution in [0.1, 0.15) is 49.1 Å². The topological polar surface area (TPSA) is 71.5 Å². The lowest BCUT2D eigenvalue weighted by molar-refractivity contribution is -0.130. The van der Waals surface area contributed by atoms with Crippen LogP contribution in [0.15, 0.2) is 48.7 Å². The summed E-state index contributed by atoms with van der Waals surface area (Å²) in [5, 5.41) is 13.5. The molecule has 1 aliphatic carbocycles. The van der Waals surface area contributed by atoms with Gasteiger partial charge >= 0.3 is 0 Å². The predicted molar refractivity (Wildman–Crippen MR) is 95.0 cm³/mol. The van der Waals surface area contributed by atoms with Gasteiger partial charge in [0.1, 0.15) is 5.75 Å². The third-order valence-electron chi connectivity index (χ3n) is 4.83. The van der Waals surface area contributed by atoms with Gasteiger partial charge in [-0.25, -0.2) is 0 Å². The lowest BCUT2D eigenvalue weighted by Crippen LogP contribution is -2.36. The number of hydrogen-bond acceptors (Lipinski definition) is 4. The smallest absolute Gasteiger partial charge is 0.254 e. The standard InChI is InChI=1S/C20H24N2O3/c1-25-16-10-6-9-15(13-16)19(23)20(24)22-18(14-7-2-3-8-14)17-11-4-5-12-21-17/h4-6,9-14,18-19,23H,2-3,7-8H2,1H3,(H,22,24)/t18-,19+/m0/s1. The number of amides is 1. The van der Waals surface area contributed by atoms with E-state index in [0.29, 0.717) is 17.2 Å². The van der Waals surface area contributed by atoms with Crippen LogP contribution in [0.5, 0.6) is 5.75 Å². The fraction of sp³-hybridized carbons (Fsp3) is 0.400. The number of aliphatic hydroxyl groups excluding tert-OH is 1. The van der Waals surface area contributed by atoms with E-state index in [2.05, 4.69) is 10.3 Å². The maximum Gasteiger partial charge on any atom is 0.254 e. The normalized spacial score (nSPS) is 17.0. The summed E-state index contributed by atoms with van der Waals surface area (Å²) >= 11 is 0. The molecule has 0 aliphatic heterocycles. The SMILES string of the molecule is COc1cccc([C@@H](O)C(=O)N[C@H](c2ccccn2)C2CCCC2)c1. The maximum atomic E-state index is 12.7. The number of carbonyl (C=O) groups excluding carboxylic acids is 1. The van der Waals surface area contributed by atoms with Crippen LogP contribution in [0.25, 0.3) is 0 Å². The molecule has 1 aliphatic rings. The first-order chi connectivity index (χ1) is 12.2. The summed E-state index contributed by atoms with van der Waals surface area (Å²) in [6.45, 7) is 0. The molecule has 3 rings (SSSR count). The Labute approximate surface area is 148 Å². The number of ether oxygens (including phenoxy) is 1. The molecule has 0 unspecified atom stereocenters. The molecule has 5 heteroatoms. The van der Waals surface area contributed by atoms with Gasteiger partial charge in [0.2, 0.25) is 0 Å². The van der Waals surface area contributed by atoms with Crippen LogP contribution in [0.4, 0.5) is 0 Å². The number of aliphatic hydroxyl groups is 1. The van der Waals surface area contributed by atoms with Crippen LogP contribution < -0.4 is 10.1 Å². The number of methoxy groups -OCH3 is 1. The summed E-state index contributed by atoms with van der Waals surface area (Å²) in [7, 11) is 1.56. The first-order valence-corrected chi connectivity index (χ1v) is 8.72. The molecule has 25 heavy (non-hydrogen) atoms. The summed E-state index contributed by atoms with van der Waals surface area (Å²) in [6, 6.07) is 12.5. The molecule has 1 aromatic heterocycles. The fourth-order valence-electron chi connectivity index (χ4n) is 3.48. The van der Waals surface area contributed by atoms with Gasteiger partial charge in [-0.1, -0.05) is 31.0 Å². The second kappa shape index (κ2) is 8.12. The van der Waals surface area contributed by atoms with Crippen molar-refractivity contribution in [2.24, 2.45) is 5.92 Å². The van der Waals surface area contributed by atoms with Crippen molar-refractivity contribution in [3.8, 4) is 5.75 Å². The number of pyridine rings is 1. The molecule has 0 saturated heterocycles. The van der Waals surface area contributed by atoms with E-state index in [-0.39, 0.29) is 6.04 Å². The van der Waals surface area contributed by atoms with E-state index < -0.39 is 12.0 Å². The molecule has 1 saturated carbocycles. The quantitative estimate of drug-likeness (QED) is 0.847. The second-order valence-corrected chi connectivity index (χ2v) is 6.46. The van der Waals surface area contributed by atoms with E-state index in [1.165, 1.54) is 12.8 Å². The van der Waals surface area contributed by atoms with Crippen molar-refractivity contribution in [2.75, 3.05) is 7.11 Å². The number of benzene rings is 1. The number of aromatic nitrogens is 1. The van der Waals surface area contributed by atoms with Gasteiger partial charge in [-0.2, -0.15) is 0 Å². The van der Waals surface area contributed by atoms with Crippen LogP contribution in [0.2, 0.25) is 0 Å². The first-order valence-electron chi connectivity index (χ1n) is 8.72. The average Bonchev–Trinajstić information content (AvgIpc) is 3.20. The van der Waals surface area contributed by atoms with Gasteiger partial charge in [0.25, 0.3) is 5.91 Å². The van der Waals surface area contributed by atoms with Crippen molar-refractivity contribution in [1.82, 2.24) is 10.3 Å². The molecular formula is C20H24N2O3. The average molecular weight is 340 g/mol. The molecule has 0 spiro atoms. The largest absolute Gasteiger partial charge is 0.497 e. The molecule has 1 aromatic carbocycles. The third kappa shape index (κ3) is 4.17. The lowest BCUT2D eigenvalue weighted by atomic mass is 9.94. The molecule has 132 valence electrons. The van der Waals surface area contributed by atoms with E-state index in [0.717, 1.165) is 18.5 Å². The van der Waals surface area contributed by atoms with Gasteiger partial charge in [-0.15, -0.1) is 0 Å². The third-order valence-corrected chi connectivity index (χ3v) is 4.83. The van der Waals surface area contributed by atoms with E-state index >= 15 is 0 Å². The first kappa shape index (κ1) is 17.4. The minimum absolute atomic E-state index is 0.170. The van der Waals surface area contributed by atoms with Crippen LogP contribution in [0, 0.1) is 5.92 Å². The molecule has 1 heterocycles. The zero-order valence-electron chi connectivity index (χ0n) is 14.4. The maximum absolute atomic E-state index is 12.7. The van der Waals surface area contributed by atoms with Crippen LogP contribution in [-0.2, 0) is 4.79 Å². The summed E-state index contributed by atoms with van der Waals surface area (Å²) in [5.74, 6) is 0.564. The number of carbonyl (C=O) groups is 1. The Bertz CT molecular complexity index is 699. The Morgan fingerprint density at radius 3 is 2.72 bits per heavy atom. The molecule has 2 N–H and O–H groups in total. The fourth-order valence-corrected chi connectivity index (χ4v) is 3.48. The molecule has 5 nitrogen and oxygen atoms in total. The second-order valence-electron chi connectivity index (χ2n) is 6.46. The summed E-state index contributed by atoms with van der Waals surface area (Å²) in [6.07, 6.45) is 4.97. The molecule has 2 aromatic rings. The highest BCUT2D eigenvalue weighted by Crippen LogP contribution is 2.35. The van der Waals surface area contributed by atoms with E-state index in [9.17, 15) is 9.90 Å². The van der Waals surface area contributed by atoms with E-state index in [1.54, 1.807) is 37.6 Å². The molecule has 1 amide bonds. The molecular weight excluding hydrogens is 316 g/mol. The van der Waals surface area contributed by atoms with Gasteiger partial charge in [-0.05, 0) is 48.6 Å². The Kier molecular flexibility index (Phi) is 5.66. The Balaban J connectivity index is 1.77. The van der Waals surface area contributed by atoms with E-state index in [1.807, 2.05) is 18.2 Å². The number of nitrogens with zero attached hydrogens (tertiary/aromatic N) is 1. The van der Waals surface area contributed by atoms with Crippen molar-refractivity contribution in [2.45, 2.75) is 37.8 Å². The van der Waals surface area contributed by atoms with Crippen LogP contribution in [0.3, 0.4) is 0 Å². The Morgan fingerprint density at radius 1 is 1.24 bits per heavy atom. The zero-order chi connectivity index (χ0) is 17.6. The molecule has 0 radical (unpaired) electrons. The van der Waals surface area contributed by atoms with Crippen LogP contribution >= 0.6 is 0 Å². The number of rotatable bonds is 6. The minimum Gasteiger partial charge on any atom is -0.497 e. The molecule has 1 fully saturated rings. The van der Waals surface area contributed by atoms with Crippen molar-refractivity contribution in [3.05, 3.63) is 59.9 Å². The van der Waals surface area contributed by atoms with Gasteiger partial charge in [-0.3, -0.25) is 9.78 Å². The van der Waals surface area contributed by atoms with Gasteiger partial charge in [0.05, 0.1) is 18.8 Å². The highest BCUT2D eigenvalue weighted by Gasteiger charge is 2.30. The summed E-state index contributed by atoms with van der Waals surface area (Å²) < 4.78 is 5.16. The van der Waals surface area contributed by atoms with Gasteiger partial charge in [0, 0.05) is 6.20 Å². The number of hydrogen-bond donors (Lipinski definition) is 2. The summed E-state index contributed by atoms with van der Waals surface area (Å²) in [5.41, 5.74) is 1.36. The summed E-state index contributed by atoms with van der Waals surface area (Å²) in [4.78, 5) is 17.1. The molecule has 2 atom stereocenters. The highest BCUT2D eigenvalue weighted by atomic mass is 16.5.